The van der Waals surface area contributed by atoms with Crippen LogP contribution in [0.2, 0.25) is 0 Å². The van der Waals surface area contributed by atoms with E-state index in [0.29, 0.717) is 17.6 Å². The van der Waals surface area contributed by atoms with Gasteiger partial charge in [0, 0.05) is 32.7 Å². The Morgan fingerprint density at radius 1 is 0.278 bits per heavy atom. The highest BCUT2D eigenvalue weighted by Crippen LogP contribution is 2.39. The molecule has 0 aliphatic heterocycles. The summed E-state index contributed by atoms with van der Waals surface area (Å²) < 4.78 is 4.52. The first kappa shape index (κ1) is 30.3. The second kappa shape index (κ2) is 12.1. The smallest absolute Gasteiger partial charge is 0.238 e. The van der Waals surface area contributed by atoms with E-state index in [4.69, 9.17) is 15.0 Å². The van der Waals surface area contributed by atoms with Gasteiger partial charge in [0.15, 0.2) is 11.6 Å². The van der Waals surface area contributed by atoms with E-state index >= 15 is 0 Å². The molecule has 5 nitrogen and oxygen atoms in total. The zero-order valence-electron chi connectivity index (χ0n) is 29.1. The van der Waals surface area contributed by atoms with Crippen LogP contribution in [0.25, 0.3) is 99.9 Å². The van der Waals surface area contributed by atoms with E-state index in [1.807, 2.05) is 0 Å². The average molecular weight is 690 g/mol. The molecule has 0 N–H and O–H groups in total. The molecule has 0 saturated heterocycles. The molecule has 11 rings (SSSR count). The average Bonchev–Trinajstić information content (AvgIpc) is 3.76. The highest BCUT2D eigenvalue weighted by atomic mass is 15.2. The lowest BCUT2D eigenvalue weighted by molar-refractivity contribution is 0.952. The van der Waals surface area contributed by atoms with Gasteiger partial charge in [-0.1, -0.05) is 152 Å². The molecule has 54 heavy (non-hydrogen) atoms. The summed E-state index contributed by atoms with van der Waals surface area (Å²) in [6.45, 7) is 0. The molecule has 252 valence electrons. The Hall–Kier alpha value is -7.37. The maximum Gasteiger partial charge on any atom is 0.238 e. The summed E-state index contributed by atoms with van der Waals surface area (Å²) >= 11 is 0. The molecule has 0 unspecified atom stereocenters. The van der Waals surface area contributed by atoms with Crippen LogP contribution in [0.15, 0.2) is 188 Å². The number of hydrogen-bond donors (Lipinski definition) is 0. The number of aromatic nitrogens is 5. The Labute approximate surface area is 311 Å². The van der Waals surface area contributed by atoms with Crippen molar-refractivity contribution in [3.8, 4) is 45.5 Å². The fourth-order valence-electron chi connectivity index (χ4n) is 8.26. The summed E-state index contributed by atoms with van der Waals surface area (Å²) in [5, 5.41) is 7.08. The summed E-state index contributed by atoms with van der Waals surface area (Å²) in [4.78, 5) is 16.1. The van der Waals surface area contributed by atoms with Crippen LogP contribution >= 0.6 is 0 Å². The monoisotopic (exact) mass is 689 g/mol. The van der Waals surface area contributed by atoms with E-state index in [9.17, 15) is 0 Å². The first-order valence-electron chi connectivity index (χ1n) is 18.2. The van der Waals surface area contributed by atoms with Gasteiger partial charge < -0.3 is 4.57 Å². The first-order valence-corrected chi connectivity index (χ1v) is 18.2. The molecule has 3 heterocycles. The van der Waals surface area contributed by atoms with Crippen LogP contribution in [0.5, 0.6) is 0 Å². The predicted molar refractivity (Wildman–Crippen MR) is 222 cm³/mol. The molecule has 0 aliphatic rings. The quantitative estimate of drug-likeness (QED) is 0.181. The first-order chi connectivity index (χ1) is 26.8. The van der Waals surface area contributed by atoms with Crippen LogP contribution in [0.1, 0.15) is 0 Å². The minimum Gasteiger partial charge on any atom is -0.309 e. The number of benzene rings is 8. The van der Waals surface area contributed by atoms with Gasteiger partial charge in [0.05, 0.1) is 27.8 Å². The van der Waals surface area contributed by atoms with Gasteiger partial charge in [-0.2, -0.15) is 9.97 Å². The summed E-state index contributed by atoms with van der Waals surface area (Å²) in [6, 6.07) is 66.1. The molecular formula is C49H31N5. The Bertz CT molecular complexity index is 3130. The lowest BCUT2D eigenvalue weighted by Gasteiger charge is -2.16. The largest absolute Gasteiger partial charge is 0.309 e. The third kappa shape index (κ3) is 4.62. The molecule has 0 amide bonds. The molecular weight excluding hydrogens is 659 g/mol. The standard InChI is InChI=1S/C49H31N5/c1-2-18-33-32(16-1)17-15-26-34(33)35-19-3-4-24-40(35)47-50-48(52-49(51-47)54-44-29-12-7-22-38(44)39-23-8-13-30-45(39)54)41-25-9-14-31-46(41)53-42-27-10-5-20-36(42)37-21-6-11-28-43(37)53/h1-31H. The van der Waals surface area contributed by atoms with Crippen molar-refractivity contribution in [2.24, 2.45) is 0 Å². The second-order valence-electron chi connectivity index (χ2n) is 13.6. The van der Waals surface area contributed by atoms with Crippen molar-refractivity contribution >= 4 is 54.4 Å². The van der Waals surface area contributed by atoms with Gasteiger partial charge in [-0.25, -0.2) is 4.98 Å². The van der Waals surface area contributed by atoms with Gasteiger partial charge in [0.1, 0.15) is 0 Å². The van der Waals surface area contributed by atoms with E-state index in [1.54, 1.807) is 0 Å². The van der Waals surface area contributed by atoms with Gasteiger partial charge in [-0.05, 0) is 58.3 Å². The minimum absolute atomic E-state index is 0.567. The number of para-hydroxylation sites is 5. The molecule has 0 fully saturated rings. The molecule has 8 aromatic carbocycles. The Morgan fingerprint density at radius 3 is 1.30 bits per heavy atom. The number of nitrogens with zero attached hydrogens (tertiary/aromatic N) is 5. The van der Waals surface area contributed by atoms with Crippen LogP contribution in [0.3, 0.4) is 0 Å². The summed E-state index contributed by atoms with van der Waals surface area (Å²) in [6.07, 6.45) is 0. The molecule has 5 heteroatoms. The van der Waals surface area contributed by atoms with Crippen LogP contribution in [0, 0.1) is 0 Å². The van der Waals surface area contributed by atoms with Crippen molar-refractivity contribution in [3.63, 3.8) is 0 Å². The van der Waals surface area contributed by atoms with Gasteiger partial charge in [0.25, 0.3) is 0 Å². The van der Waals surface area contributed by atoms with Gasteiger partial charge in [-0.15, -0.1) is 0 Å². The van der Waals surface area contributed by atoms with E-state index < -0.39 is 0 Å². The highest BCUT2D eigenvalue weighted by molar-refractivity contribution is 6.10. The molecule has 3 aromatic heterocycles. The Kier molecular flexibility index (Phi) is 6.79. The van der Waals surface area contributed by atoms with E-state index in [2.05, 4.69) is 197 Å². The third-order valence-electron chi connectivity index (χ3n) is 10.6. The summed E-state index contributed by atoms with van der Waals surface area (Å²) in [5.74, 6) is 1.77. The fourth-order valence-corrected chi connectivity index (χ4v) is 8.26. The lowest BCUT2D eigenvalue weighted by Crippen LogP contribution is -2.08. The SMILES string of the molecule is c1ccc(-c2cccc3ccccc23)c(-c2nc(-c3ccccc3-n3c4ccccc4c4ccccc43)nc(-n3c4ccccc4c4ccccc43)n2)c1. The normalized spacial score (nSPS) is 11.7. The van der Waals surface area contributed by atoms with Crippen LogP contribution < -0.4 is 0 Å². The van der Waals surface area contributed by atoms with Crippen molar-refractivity contribution in [2.45, 2.75) is 0 Å². The Morgan fingerprint density at radius 2 is 0.685 bits per heavy atom. The van der Waals surface area contributed by atoms with Crippen LogP contribution in [0.4, 0.5) is 0 Å². The lowest BCUT2D eigenvalue weighted by atomic mass is 9.94. The molecule has 11 aromatic rings. The number of hydrogen-bond acceptors (Lipinski definition) is 3. The van der Waals surface area contributed by atoms with Gasteiger partial charge in [0.2, 0.25) is 5.95 Å². The van der Waals surface area contributed by atoms with Crippen LogP contribution in [-0.2, 0) is 0 Å². The second-order valence-corrected chi connectivity index (χ2v) is 13.6. The van der Waals surface area contributed by atoms with E-state index in [1.165, 1.54) is 21.5 Å². The topological polar surface area (TPSA) is 48.5 Å². The predicted octanol–water partition coefficient (Wildman–Crippen LogP) is 12.2. The number of rotatable bonds is 5. The van der Waals surface area contributed by atoms with Crippen molar-refractivity contribution in [2.75, 3.05) is 0 Å². The molecule has 0 spiro atoms. The maximum absolute atomic E-state index is 5.39. The molecule has 0 atom stereocenters. The molecule has 0 saturated carbocycles. The third-order valence-corrected chi connectivity index (χ3v) is 10.6. The zero-order chi connectivity index (χ0) is 35.6. The van der Waals surface area contributed by atoms with Crippen LogP contribution in [-0.4, -0.2) is 24.1 Å². The highest BCUT2D eigenvalue weighted by Gasteiger charge is 2.22. The molecule has 0 aliphatic carbocycles. The fraction of sp³-hybridized carbons (Fsp3) is 0. The maximum atomic E-state index is 5.39. The van der Waals surface area contributed by atoms with Gasteiger partial charge in [-0.3, -0.25) is 4.57 Å². The van der Waals surface area contributed by atoms with E-state index in [0.717, 1.165) is 60.8 Å². The molecule has 0 bridgehead atoms. The van der Waals surface area contributed by atoms with Crippen molar-refractivity contribution in [3.05, 3.63) is 188 Å². The summed E-state index contributed by atoms with van der Waals surface area (Å²) in [5.41, 5.74) is 9.40. The zero-order valence-corrected chi connectivity index (χ0v) is 29.1. The number of fused-ring (bicyclic) bond motifs is 7. The van der Waals surface area contributed by atoms with Crippen molar-refractivity contribution < 1.29 is 0 Å². The Balaban J connectivity index is 1.23. The van der Waals surface area contributed by atoms with Crippen molar-refractivity contribution in [1.82, 2.24) is 24.1 Å². The summed E-state index contributed by atoms with van der Waals surface area (Å²) in [7, 11) is 0. The minimum atomic E-state index is 0.567. The van der Waals surface area contributed by atoms with Gasteiger partial charge >= 0.3 is 0 Å². The van der Waals surface area contributed by atoms with E-state index in [-0.39, 0.29) is 0 Å². The van der Waals surface area contributed by atoms with Crippen molar-refractivity contribution in [1.29, 1.82) is 0 Å². The molecule has 0 radical (unpaired) electrons.